The second kappa shape index (κ2) is 7.03. The van der Waals surface area contributed by atoms with Gasteiger partial charge < -0.3 is 10.1 Å². The molecule has 1 fully saturated rings. The number of para-hydroxylation sites is 1. The first-order valence-electron chi connectivity index (χ1n) is 8.47. The maximum absolute atomic E-state index is 12.5. The van der Waals surface area contributed by atoms with Crippen molar-refractivity contribution in [3.63, 3.8) is 0 Å². The fourth-order valence-electron chi connectivity index (χ4n) is 3.35. The number of fused-ring (bicyclic) bond motifs is 1. The fraction of sp³-hybridized carbons (Fsp3) is 0.316. The van der Waals surface area contributed by atoms with E-state index in [9.17, 15) is 4.79 Å². The maximum atomic E-state index is 12.5. The van der Waals surface area contributed by atoms with Crippen LogP contribution in [0.1, 0.15) is 11.3 Å². The predicted octanol–water partition coefficient (Wildman–Crippen LogP) is 1.87. The summed E-state index contributed by atoms with van der Waals surface area (Å²) in [5.41, 5.74) is 2.94. The SMILES string of the molecule is O=C(Cc1[nH]nc2ccccc12)N[C@H]1COC[C@H]1Cc1ccncc1. The van der Waals surface area contributed by atoms with E-state index in [2.05, 4.69) is 20.5 Å². The molecule has 2 aromatic heterocycles. The predicted molar refractivity (Wildman–Crippen MR) is 94.0 cm³/mol. The standard InChI is InChI=1S/C19H20N4O2/c24-19(10-17-15-3-1-2-4-16(15)22-23-17)21-18-12-25-11-14(18)9-13-5-7-20-8-6-13/h1-8,14,18H,9-12H2,(H,21,24)(H,22,23)/t14-,18+/m1/s1. The summed E-state index contributed by atoms with van der Waals surface area (Å²) in [4.78, 5) is 16.5. The minimum Gasteiger partial charge on any atom is -0.379 e. The average molecular weight is 336 g/mol. The first-order valence-corrected chi connectivity index (χ1v) is 8.47. The average Bonchev–Trinajstić information content (AvgIpc) is 3.23. The molecule has 0 radical (unpaired) electrons. The van der Waals surface area contributed by atoms with Gasteiger partial charge in [0, 0.05) is 23.7 Å². The molecule has 3 aromatic rings. The third kappa shape index (κ3) is 3.53. The molecule has 6 nitrogen and oxygen atoms in total. The van der Waals surface area contributed by atoms with Gasteiger partial charge in [0.05, 0.1) is 36.9 Å². The van der Waals surface area contributed by atoms with Gasteiger partial charge >= 0.3 is 0 Å². The highest BCUT2D eigenvalue weighted by atomic mass is 16.5. The summed E-state index contributed by atoms with van der Waals surface area (Å²) in [6.07, 6.45) is 4.75. The number of H-pyrrole nitrogens is 1. The molecular formula is C19H20N4O2. The number of benzene rings is 1. The van der Waals surface area contributed by atoms with Gasteiger partial charge in [-0.1, -0.05) is 18.2 Å². The molecule has 1 aliphatic heterocycles. The molecule has 0 aliphatic carbocycles. The van der Waals surface area contributed by atoms with E-state index < -0.39 is 0 Å². The van der Waals surface area contributed by atoms with E-state index in [1.807, 2.05) is 36.4 Å². The number of hydrogen-bond acceptors (Lipinski definition) is 4. The lowest BCUT2D eigenvalue weighted by molar-refractivity contribution is -0.121. The Morgan fingerprint density at radius 3 is 2.92 bits per heavy atom. The molecule has 0 unspecified atom stereocenters. The minimum atomic E-state index is -0.00960. The monoisotopic (exact) mass is 336 g/mol. The Morgan fingerprint density at radius 1 is 1.20 bits per heavy atom. The van der Waals surface area contributed by atoms with Crippen molar-refractivity contribution < 1.29 is 9.53 Å². The van der Waals surface area contributed by atoms with Gasteiger partial charge in [-0.15, -0.1) is 0 Å². The van der Waals surface area contributed by atoms with Crippen molar-refractivity contribution in [3.8, 4) is 0 Å². The van der Waals surface area contributed by atoms with Crippen LogP contribution in [0.4, 0.5) is 0 Å². The van der Waals surface area contributed by atoms with Crippen LogP contribution in [0, 0.1) is 5.92 Å². The Morgan fingerprint density at radius 2 is 2.04 bits per heavy atom. The van der Waals surface area contributed by atoms with Crippen LogP contribution in [0.5, 0.6) is 0 Å². The quantitative estimate of drug-likeness (QED) is 0.745. The van der Waals surface area contributed by atoms with Gasteiger partial charge in [-0.3, -0.25) is 14.9 Å². The first kappa shape index (κ1) is 15.8. The number of nitrogens with zero attached hydrogens (tertiary/aromatic N) is 2. The van der Waals surface area contributed by atoms with E-state index in [4.69, 9.17) is 4.74 Å². The van der Waals surface area contributed by atoms with Crippen LogP contribution >= 0.6 is 0 Å². The van der Waals surface area contributed by atoms with Crippen LogP contribution in [0.2, 0.25) is 0 Å². The van der Waals surface area contributed by atoms with E-state index >= 15 is 0 Å². The largest absolute Gasteiger partial charge is 0.379 e. The summed E-state index contributed by atoms with van der Waals surface area (Å²) in [7, 11) is 0. The summed E-state index contributed by atoms with van der Waals surface area (Å²) in [6, 6.07) is 11.9. The van der Waals surface area contributed by atoms with Gasteiger partial charge in [-0.25, -0.2) is 0 Å². The topological polar surface area (TPSA) is 79.9 Å². The number of aromatic amines is 1. The molecule has 1 aromatic carbocycles. The zero-order valence-corrected chi connectivity index (χ0v) is 13.8. The number of rotatable bonds is 5. The molecule has 3 heterocycles. The van der Waals surface area contributed by atoms with Crippen LogP contribution in [0.15, 0.2) is 48.8 Å². The Hall–Kier alpha value is -2.73. The van der Waals surface area contributed by atoms with E-state index in [0.717, 1.165) is 23.0 Å². The molecule has 4 rings (SSSR count). The van der Waals surface area contributed by atoms with Crippen molar-refractivity contribution in [1.29, 1.82) is 0 Å². The third-order valence-corrected chi connectivity index (χ3v) is 4.67. The smallest absolute Gasteiger partial charge is 0.226 e. The van der Waals surface area contributed by atoms with E-state index in [-0.39, 0.29) is 17.9 Å². The van der Waals surface area contributed by atoms with E-state index in [0.29, 0.717) is 19.6 Å². The molecule has 1 saturated heterocycles. The van der Waals surface area contributed by atoms with Crippen LogP contribution < -0.4 is 5.32 Å². The Labute approximate surface area is 145 Å². The molecule has 6 heteroatoms. The van der Waals surface area contributed by atoms with Crippen LogP contribution in [0.3, 0.4) is 0 Å². The Balaban J connectivity index is 1.39. The maximum Gasteiger partial charge on any atom is 0.226 e. The molecule has 1 aliphatic rings. The molecule has 2 N–H and O–H groups in total. The zero-order valence-electron chi connectivity index (χ0n) is 13.8. The minimum absolute atomic E-state index is 0.00960. The lowest BCUT2D eigenvalue weighted by Gasteiger charge is -2.19. The molecule has 2 atom stereocenters. The molecule has 128 valence electrons. The van der Waals surface area contributed by atoms with Crippen LogP contribution in [0.25, 0.3) is 10.9 Å². The number of carbonyl (C=O) groups is 1. The van der Waals surface area contributed by atoms with Crippen molar-refractivity contribution in [2.45, 2.75) is 18.9 Å². The van der Waals surface area contributed by atoms with Crippen molar-refractivity contribution in [2.24, 2.45) is 5.92 Å². The third-order valence-electron chi connectivity index (χ3n) is 4.67. The van der Waals surface area contributed by atoms with Gasteiger partial charge in [0.2, 0.25) is 5.91 Å². The van der Waals surface area contributed by atoms with Gasteiger partial charge in [0.15, 0.2) is 0 Å². The van der Waals surface area contributed by atoms with Gasteiger partial charge in [-0.05, 0) is 30.2 Å². The number of aromatic nitrogens is 3. The van der Waals surface area contributed by atoms with Crippen molar-refractivity contribution in [1.82, 2.24) is 20.5 Å². The summed E-state index contributed by atoms with van der Waals surface area (Å²) < 4.78 is 5.60. The van der Waals surface area contributed by atoms with Crippen LogP contribution in [-0.2, 0) is 22.4 Å². The number of hydrogen-bond donors (Lipinski definition) is 2. The highest BCUT2D eigenvalue weighted by Gasteiger charge is 2.29. The summed E-state index contributed by atoms with van der Waals surface area (Å²) in [5, 5.41) is 11.3. The Kier molecular flexibility index (Phi) is 4.43. The summed E-state index contributed by atoms with van der Waals surface area (Å²) in [6.45, 7) is 1.23. The lowest BCUT2D eigenvalue weighted by Crippen LogP contribution is -2.41. The summed E-state index contributed by atoms with van der Waals surface area (Å²) >= 11 is 0. The van der Waals surface area contributed by atoms with Gasteiger partial charge in [-0.2, -0.15) is 5.10 Å². The highest BCUT2D eigenvalue weighted by Crippen LogP contribution is 2.20. The van der Waals surface area contributed by atoms with E-state index in [1.165, 1.54) is 5.56 Å². The van der Waals surface area contributed by atoms with E-state index in [1.54, 1.807) is 12.4 Å². The second-order valence-corrected chi connectivity index (χ2v) is 6.43. The lowest BCUT2D eigenvalue weighted by atomic mass is 9.95. The number of nitrogens with one attached hydrogen (secondary N) is 2. The van der Waals surface area contributed by atoms with Gasteiger partial charge in [0.25, 0.3) is 0 Å². The normalized spacial score (nSPS) is 20.0. The van der Waals surface area contributed by atoms with Crippen molar-refractivity contribution >= 4 is 16.8 Å². The molecule has 25 heavy (non-hydrogen) atoms. The van der Waals surface area contributed by atoms with Crippen molar-refractivity contribution in [2.75, 3.05) is 13.2 Å². The number of pyridine rings is 1. The highest BCUT2D eigenvalue weighted by molar-refractivity contribution is 5.87. The Bertz CT molecular complexity index is 862. The van der Waals surface area contributed by atoms with Crippen molar-refractivity contribution in [3.05, 3.63) is 60.0 Å². The first-order chi connectivity index (χ1) is 12.3. The molecule has 0 saturated carbocycles. The zero-order chi connectivity index (χ0) is 17.1. The van der Waals surface area contributed by atoms with Crippen LogP contribution in [-0.4, -0.2) is 40.3 Å². The van der Waals surface area contributed by atoms with Gasteiger partial charge in [0.1, 0.15) is 0 Å². The number of carbonyl (C=O) groups excluding carboxylic acids is 1. The second-order valence-electron chi connectivity index (χ2n) is 6.43. The summed E-state index contributed by atoms with van der Waals surface area (Å²) in [5.74, 6) is 0.273. The molecule has 0 bridgehead atoms. The molecule has 0 spiro atoms. The molecular weight excluding hydrogens is 316 g/mol. The fourth-order valence-corrected chi connectivity index (χ4v) is 3.35. The number of ether oxygens (including phenoxy) is 1. The molecule has 1 amide bonds. The number of amides is 1.